The van der Waals surface area contributed by atoms with Gasteiger partial charge >= 0.3 is 6.01 Å². The summed E-state index contributed by atoms with van der Waals surface area (Å²) in [7, 11) is 0. The summed E-state index contributed by atoms with van der Waals surface area (Å²) in [5.74, 6) is 0.571. The SMILES string of the molecule is Cc1ccc(Oc2nc3nn(-c4ccccc4)cc3c(=O)n2-c2ccc(Cl)cc2)cc1. The van der Waals surface area contributed by atoms with Crippen molar-refractivity contribution in [2.75, 3.05) is 0 Å². The standard InChI is InChI=1S/C24H17ClN4O2/c1-16-7-13-20(14-8-16)31-24-26-22-21(15-28(27-22)18-5-3-2-4-6-18)23(30)29(24)19-11-9-17(25)10-12-19/h2-15H,1H3. The summed E-state index contributed by atoms with van der Waals surface area (Å²) in [6.45, 7) is 1.99. The molecule has 5 aromatic rings. The number of hydrogen-bond acceptors (Lipinski definition) is 4. The maximum Gasteiger partial charge on any atom is 0.311 e. The van der Waals surface area contributed by atoms with Crippen molar-refractivity contribution in [1.29, 1.82) is 0 Å². The molecule has 0 spiro atoms. The molecule has 3 aromatic carbocycles. The van der Waals surface area contributed by atoms with E-state index in [1.165, 1.54) is 4.57 Å². The third-order valence-corrected chi connectivity index (χ3v) is 5.11. The highest BCUT2D eigenvalue weighted by atomic mass is 35.5. The number of halogens is 1. The minimum absolute atomic E-state index is 0.127. The highest BCUT2D eigenvalue weighted by Crippen LogP contribution is 2.24. The van der Waals surface area contributed by atoms with E-state index in [-0.39, 0.29) is 11.6 Å². The molecule has 0 saturated carbocycles. The Morgan fingerprint density at radius 2 is 1.58 bits per heavy atom. The van der Waals surface area contributed by atoms with Gasteiger partial charge in [0.25, 0.3) is 5.56 Å². The highest BCUT2D eigenvalue weighted by molar-refractivity contribution is 6.30. The van der Waals surface area contributed by atoms with Gasteiger partial charge in [0.15, 0.2) is 5.65 Å². The van der Waals surface area contributed by atoms with Crippen LogP contribution in [0.15, 0.2) is 89.9 Å². The molecule has 5 rings (SSSR count). The van der Waals surface area contributed by atoms with Crippen molar-refractivity contribution < 1.29 is 4.74 Å². The number of benzene rings is 3. The van der Waals surface area contributed by atoms with Crippen molar-refractivity contribution in [1.82, 2.24) is 19.3 Å². The summed E-state index contributed by atoms with van der Waals surface area (Å²) in [6, 6.07) is 24.2. The summed E-state index contributed by atoms with van der Waals surface area (Å²) in [5, 5.41) is 5.46. The Morgan fingerprint density at radius 3 is 2.29 bits per heavy atom. The van der Waals surface area contributed by atoms with E-state index in [0.29, 0.717) is 27.5 Å². The molecule has 0 saturated heterocycles. The van der Waals surface area contributed by atoms with E-state index < -0.39 is 0 Å². The number of ether oxygens (including phenoxy) is 1. The van der Waals surface area contributed by atoms with Crippen molar-refractivity contribution >= 4 is 22.6 Å². The molecular formula is C24H17ClN4O2. The molecule has 0 aliphatic rings. The molecule has 2 aromatic heterocycles. The van der Waals surface area contributed by atoms with Crippen LogP contribution >= 0.6 is 11.6 Å². The van der Waals surface area contributed by atoms with Crippen LogP contribution in [0.5, 0.6) is 11.8 Å². The van der Waals surface area contributed by atoms with Gasteiger partial charge in [0.1, 0.15) is 11.1 Å². The number of rotatable bonds is 4. The summed E-state index contributed by atoms with van der Waals surface area (Å²) in [5.41, 5.74) is 2.56. The summed E-state index contributed by atoms with van der Waals surface area (Å²) < 4.78 is 9.09. The Morgan fingerprint density at radius 1 is 0.871 bits per heavy atom. The van der Waals surface area contributed by atoms with Gasteiger partial charge in [0.2, 0.25) is 0 Å². The number of aromatic nitrogens is 4. The molecule has 31 heavy (non-hydrogen) atoms. The van der Waals surface area contributed by atoms with Crippen LogP contribution in [0.3, 0.4) is 0 Å². The zero-order valence-corrected chi connectivity index (χ0v) is 17.3. The van der Waals surface area contributed by atoms with Crippen molar-refractivity contribution in [2.24, 2.45) is 0 Å². The topological polar surface area (TPSA) is 61.9 Å². The van der Waals surface area contributed by atoms with Crippen molar-refractivity contribution in [3.05, 3.63) is 106 Å². The molecule has 7 heteroatoms. The van der Waals surface area contributed by atoms with E-state index in [2.05, 4.69) is 10.1 Å². The Bertz CT molecular complexity index is 1420. The van der Waals surface area contributed by atoms with Crippen LogP contribution in [-0.4, -0.2) is 19.3 Å². The number of aryl methyl sites for hydroxylation is 1. The lowest BCUT2D eigenvalue weighted by Gasteiger charge is -2.12. The molecule has 0 N–H and O–H groups in total. The van der Waals surface area contributed by atoms with Gasteiger partial charge in [-0.25, -0.2) is 9.25 Å². The lowest BCUT2D eigenvalue weighted by atomic mass is 10.2. The molecule has 0 unspecified atom stereocenters. The maximum absolute atomic E-state index is 13.5. The van der Waals surface area contributed by atoms with Crippen LogP contribution in [0.4, 0.5) is 0 Å². The van der Waals surface area contributed by atoms with Gasteiger partial charge in [-0.1, -0.05) is 47.5 Å². The first-order valence-electron chi connectivity index (χ1n) is 9.67. The monoisotopic (exact) mass is 428 g/mol. The smallest absolute Gasteiger partial charge is 0.311 e. The summed E-state index contributed by atoms with van der Waals surface area (Å²) in [4.78, 5) is 18.1. The third kappa shape index (κ3) is 3.69. The van der Waals surface area contributed by atoms with Crippen molar-refractivity contribution in [3.63, 3.8) is 0 Å². The zero-order chi connectivity index (χ0) is 21.4. The van der Waals surface area contributed by atoms with Gasteiger partial charge in [-0.2, -0.15) is 4.98 Å². The van der Waals surface area contributed by atoms with Crippen molar-refractivity contribution in [3.8, 4) is 23.1 Å². The fourth-order valence-corrected chi connectivity index (χ4v) is 3.38. The Labute approximate surface area is 182 Å². The molecule has 6 nitrogen and oxygen atoms in total. The maximum atomic E-state index is 13.5. The second kappa shape index (κ2) is 7.74. The molecule has 152 valence electrons. The Kier molecular flexibility index (Phi) is 4.76. The van der Waals surface area contributed by atoms with Gasteiger partial charge in [0, 0.05) is 11.2 Å². The fraction of sp³-hybridized carbons (Fsp3) is 0.0417. The first-order chi connectivity index (χ1) is 15.1. The van der Waals surface area contributed by atoms with Crippen LogP contribution in [-0.2, 0) is 0 Å². The van der Waals surface area contributed by atoms with E-state index in [9.17, 15) is 4.79 Å². The molecule has 2 heterocycles. The predicted molar refractivity (Wildman–Crippen MR) is 121 cm³/mol. The molecule has 0 bridgehead atoms. The minimum atomic E-state index is -0.281. The van der Waals surface area contributed by atoms with Crippen LogP contribution in [0.25, 0.3) is 22.4 Å². The van der Waals surface area contributed by atoms with Crippen LogP contribution in [0.1, 0.15) is 5.56 Å². The number of fused-ring (bicyclic) bond motifs is 1. The number of hydrogen-bond donors (Lipinski definition) is 0. The molecule has 0 amide bonds. The van der Waals surface area contributed by atoms with E-state index in [4.69, 9.17) is 16.3 Å². The second-order valence-corrected chi connectivity index (χ2v) is 7.51. The van der Waals surface area contributed by atoms with E-state index in [0.717, 1.165) is 11.3 Å². The van der Waals surface area contributed by atoms with Gasteiger partial charge in [-0.3, -0.25) is 4.79 Å². The van der Waals surface area contributed by atoms with Gasteiger partial charge in [-0.05, 0) is 55.5 Å². The average molecular weight is 429 g/mol. The lowest BCUT2D eigenvalue weighted by molar-refractivity contribution is 0.427. The average Bonchev–Trinajstić information content (AvgIpc) is 3.22. The fourth-order valence-electron chi connectivity index (χ4n) is 3.26. The number of nitrogens with zero attached hydrogens (tertiary/aromatic N) is 4. The number of para-hydroxylation sites is 1. The van der Waals surface area contributed by atoms with Gasteiger partial charge in [0.05, 0.1) is 11.4 Å². The summed E-state index contributed by atoms with van der Waals surface area (Å²) >= 11 is 6.04. The predicted octanol–water partition coefficient (Wildman–Crippen LogP) is 5.33. The first kappa shape index (κ1) is 19.1. The first-order valence-corrected chi connectivity index (χ1v) is 10.0. The van der Waals surface area contributed by atoms with E-state index in [1.54, 1.807) is 35.1 Å². The lowest BCUT2D eigenvalue weighted by Crippen LogP contribution is -2.21. The molecular weight excluding hydrogens is 412 g/mol. The van der Waals surface area contributed by atoms with Crippen LogP contribution < -0.4 is 10.3 Å². The zero-order valence-electron chi connectivity index (χ0n) is 16.6. The third-order valence-electron chi connectivity index (χ3n) is 4.86. The van der Waals surface area contributed by atoms with Crippen LogP contribution in [0.2, 0.25) is 5.02 Å². The van der Waals surface area contributed by atoms with Gasteiger partial charge in [-0.15, -0.1) is 5.10 Å². The van der Waals surface area contributed by atoms with Gasteiger partial charge < -0.3 is 4.74 Å². The molecule has 0 aliphatic carbocycles. The van der Waals surface area contributed by atoms with Crippen molar-refractivity contribution in [2.45, 2.75) is 6.92 Å². The molecule has 0 atom stereocenters. The molecule has 0 aliphatic heterocycles. The second-order valence-electron chi connectivity index (χ2n) is 7.07. The normalized spacial score (nSPS) is 11.0. The van der Waals surface area contributed by atoms with E-state index in [1.807, 2.05) is 61.5 Å². The largest absolute Gasteiger partial charge is 0.425 e. The van der Waals surface area contributed by atoms with E-state index >= 15 is 0 Å². The molecule has 0 radical (unpaired) electrons. The minimum Gasteiger partial charge on any atom is -0.425 e. The summed E-state index contributed by atoms with van der Waals surface area (Å²) in [6.07, 6.45) is 1.68. The quantitative estimate of drug-likeness (QED) is 0.388. The molecule has 0 fully saturated rings. The Hall–Kier alpha value is -3.90. The highest BCUT2D eigenvalue weighted by Gasteiger charge is 2.18. The van der Waals surface area contributed by atoms with Crippen LogP contribution in [0, 0.1) is 6.92 Å². The Balaban J connectivity index is 1.72.